The van der Waals surface area contributed by atoms with E-state index in [9.17, 15) is 4.79 Å². The molecular formula is C11H9BrINO2. The summed E-state index contributed by atoms with van der Waals surface area (Å²) in [5.74, 6) is -0.306. The summed E-state index contributed by atoms with van der Waals surface area (Å²) in [6, 6.07) is 5.66. The molecule has 0 heterocycles. The zero-order valence-electron chi connectivity index (χ0n) is 8.59. The third kappa shape index (κ3) is 3.46. The predicted molar refractivity (Wildman–Crippen MR) is 71.9 cm³/mol. The van der Waals surface area contributed by atoms with Crippen LogP contribution in [0.15, 0.2) is 16.6 Å². The molecule has 5 heteroatoms. The van der Waals surface area contributed by atoms with Crippen molar-refractivity contribution in [3.05, 3.63) is 31.3 Å². The molecule has 16 heavy (non-hydrogen) atoms. The zero-order valence-corrected chi connectivity index (χ0v) is 12.3. The van der Waals surface area contributed by atoms with Crippen molar-refractivity contribution < 1.29 is 9.53 Å². The quantitative estimate of drug-likeness (QED) is 0.585. The molecule has 0 unspecified atom stereocenters. The molecule has 0 spiro atoms. The molecule has 1 aromatic carbocycles. The number of carbonyl (C=O) groups excluding carboxylic acids is 1. The number of esters is 1. The van der Waals surface area contributed by atoms with E-state index in [1.54, 1.807) is 13.0 Å². The predicted octanol–water partition coefficient (Wildman–Crippen LogP) is 3.03. The van der Waals surface area contributed by atoms with Crippen LogP contribution in [0.2, 0.25) is 0 Å². The van der Waals surface area contributed by atoms with Gasteiger partial charge in [0.2, 0.25) is 0 Å². The monoisotopic (exact) mass is 393 g/mol. The van der Waals surface area contributed by atoms with Gasteiger partial charge in [-0.1, -0.05) is 15.9 Å². The summed E-state index contributed by atoms with van der Waals surface area (Å²) in [5, 5.41) is 8.98. The van der Waals surface area contributed by atoms with Crippen LogP contribution in [0.5, 0.6) is 0 Å². The van der Waals surface area contributed by atoms with Crippen LogP contribution in [0.4, 0.5) is 0 Å². The van der Waals surface area contributed by atoms with Gasteiger partial charge < -0.3 is 4.74 Å². The first-order chi connectivity index (χ1) is 7.58. The van der Waals surface area contributed by atoms with E-state index in [-0.39, 0.29) is 12.4 Å². The standard InChI is InChI=1S/C11H9BrINO2/c1-2-16-11(15)5-9-7(6-14)3-8(12)4-10(9)13/h3-4H,2,5H2,1H3. The molecule has 0 atom stereocenters. The molecule has 0 aliphatic rings. The van der Waals surface area contributed by atoms with Crippen LogP contribution in [0, 0.1) is 14.9 Å². The van der Waals surface area contributed by atoms with Gasteiger partial charge in [0, 0.05) is 8.04 Å². The van der Waals surface area contributed by atoms with Crippen LogP contribution < -0.4 is 0 Å². The number of carbonyl (C=O) groups is 1. The Kier molecular flexibility index (Phi) is 5.22. The normalized spacial score (nSPS) is 9.62. The minimum atomic E-state index is -0.306. The fraction of sp³-hybridized carbons (Fsp3) is 0.273. The van der Waals surface area contributed by atoms with E-state index in [1.807, 2.05) is 6.07 Å². The van der Waals surface area contributed by atoms with Gasteiger partial charge in [0.25, 0.3) is 0 Å². The Morgan fingerprint density at radius 3 is 2.88 bits per heavy atom. The Hall–Kier alpha value is -0.610. The SMILES string of the molecule is CCOC(=O)Cc1c(I)cc(Br)cc1C#N. The van der Waals surface area contributed by atoms with Crippen molar-refractivity contribution in [3.63, 3.8) is 0 Å². The average Bonchev–Trinajstić information content (AvgIpc) is 2.22. The molecular weight excluding hydrogens is 385 g/mol. The van der Waals surface area contributed by atoms with Crippen LogP contribution in [-0.2, 0) is 16.0 Å². The van der Waals surface area contributed by atoms with Gasteiger partial charge in [0.05, 0.1) is 24.7 Å². The van der Waals surface area contributed by atoms with E-state index in [0.717, 1.165) is 13.6 Å². The average molecular weight is 394 g/mol. The second-order valence-electron chi connectivity index (χ2n) is 3.01. The van der Waals surface area contributed by atoms with E-state index < -0.39 is 0 Å². The lowest BCUT2D eigenvalue weighted by molar-refractivity contribution is -0.142. The lowest BCUT2D eigenvalue weighted by atomic mass is 10.1. The molecule has 0 radical (unpaired) electrons. The number of nitriles is 1. The smallest absolute Gasteiger partial charge is 0.310 e. The highest BCUT2D eigenvalue weighted by atomic mass is 127. The summed E-state index contributed by atoms with van der Waals surface area (Å²) in [6.07, 6.45) is 0.141. The molecule has 1 rings (SSSR count). The van der Waals surface area contributed by atoms with Crippen LogP contribution >= 0.6 is 38.5 Å². The summed E-state index contributed by atoms with van der Waals surface area (Å²) >= 11 is 5.42. The molecule has 0 saturated carbocycles. The van der Waals surface area contributed by atoms with Crippen molar-refractivity contribution in [3.8, 4) is 6.07 Å². The fourth-order valence-corrected chi connectivity index (χ4v) is 2.94. The fourth-order valence-electron chi connectivity index (χ4n) is 1.24. The topological polar surface area (TPSA) is 50.1 Å². The van der Waals surface area contributed by atoms with Crippen molar-refractivity contribution >= 4 is 44.5 Å². The maximum Gasteiger partial charge on any atom is 0.310 e. The minimum absolute atomic E-state index is 0.141. The number of hydrogen-bond acceptors (Lipinski definition) is 3. The Bertz CT molecular complexity index is 454. The van der Waals surface area contributed by atoms with E-state index >= 15 is 0 Å². The van der Waals surface area contributed by atoms with Crippen molar-refractivity contribution in [2.75, 3.05) is 6.61 Å². The molecule has 0 aliphatic heterocycles. The molecule has 84 valence electrons. The van der Waals surface area contributed by atoms with Crippen molar-refractivity contribution in [1.29, 1.82) is 5.26 Å². The van der Waals surface area contributed by atoms with Crippen molar-refractivity contribution in [2.24, 2.45) is 0 Å². The Labute approximate surface area is 116 Å². The van der Waals surface area contributed by atoms with Crippen molar-refractivity contribution in [1.82, 2.24) is 0 Å². The highest BCUT2D eigenvalue weighted by molar-refractivity contribution is 14.1. The van der Waals surface area contributed by atoms with Crippen LogP contribution in [-0.4, -0.2) is 12.6 Å². The Morgan fingerprint density at radius 2 is 2.31 bits per heavy atom. The van der Waals surface area contributed by atoms with Gasteiger partial charge in [-0.3, -0.25) is 4.79 Å². The number of hydrogen-bond donors (Lipinski definition) is 0. The van der Waals surface area contributed by atoms with Crippen LogP contribution in [0.25, 0.3) is 0 Å². The molecule has 0 saturated heterocycles. The lowest BCUT2D eigenvalue weighted by Gasteiger charge is -2.07. The third-order valence-corrected chi connectivity index (χ3v) is 3.33. The summed E-state index contributed by atoms with van der Waals surface area (Å²) < 4.78 is 6.59. The maximum atomic E-state index is 11.4. The second-order valence-corrected chi connectivity index (χ2v) is 5.09. The van der Waals surface area contributed by atoms with E-state index in [4.69, 9.17) is 10.00 Å². The molecule has 1 aromatic rings. The van der Waals surface area contributed by atoms with E-state index in [1.165, 1.54) is 0 Å². The molecule has 0 bridgehead atoms. The van der Waals surface area contributed by atoms with Gasteiger partial charge >= 0.3 is 5.97 Å². The molecule has 0 N–H and O–H groups in total. The van der Waals surface area contributed by atoms with Gasteiger partial charge in [-0.15, -0.1) is 0 Å². The van der Waals surface area contributed by atoms with Gasteiger partial charge in [-0.25, -0.2) is 0 Å². The molecule has 0 amide bonds. The molecule has 0 aliphatic carbocycles. The molecule has 0 fully saturated rings. The minimum Gasteiger partial charge on any atom is -0.466 e. The summed E-state index contributed by atoms with van der Waals surface area (Å²) in [4.78, 5) is 11.4. The maximum absolute atomic E-state index is 11.4. The number of ether oxygens (including phenoxy) is 1. The van der Waals surface area contributed by atoms with E-state index in [0.29, 0.717) is 12.2 Å². The van der Waals surface area contributed by atoms with Crippen LogP contribution in [0.3, 0.4) is 0 Å². The lowest BCUT2D eigenvalue weighted by Crippen LogP contribution is -2.10. The largest absolute Gasteiger partial charge is 0.466 e. The zero-order chi connectivity index (χ0) is 12.1. The Morgan fingerprint density at radius 1 is 1.62 bits per heavy atom. The first-order valence-corrected chi connectivity index (χ1v) is 6.49. The Balaban J connectivity index is 3.04. The second kappa shape index (κ2) is 6.21. The van der Waals surface area contributed by atoms with Gasteiger partial charge in [-0.2, -0.15) is 5.26 Å². The van der Waals surface area contributed by atoms with Gasteiger partial charge in [0.1, 0.15) is 0 Å². The highest BCUT2D eigenvalue weighted by Gasteiger charge is 2.13. The van der Waals surface area contributed by atoms with Crippen LogP contribution in [0.1, 0.15) is 18.1 Å². The summed E-state index contributed by atoms with van der Waals surface area (Å²) in [7, 11) is 0. The van der Waals surface area contributed by atoms with Gasteiger partial charge in [-0.05, 0) is 47.2 Å². The number of rotatable bonds is 3. The molecule has 3 nitrogen and oxygen atoms in total. The number of benzene rings is 1. The van der Waals surface area contributed by atoms with Crippen molar-refractivity contribution in [2.45, 2.75) is 13.3 Å². The van der Waals surface area contributed by atoms with E-state index in [2.05, 4.69) is 44.6 Å². The first kappa shape index (κ1) is 13.5. The number of nitrogens with zero attached hydrogens (tertiary/aromatic N) is 1. The van der Waals surface area contributed by atoms with Gasteiger partial charge in [0.15, 0.2) is 0 Å². The third-order valence-electron chi connectivity index (χ3n) is 1.91. The summed E-state index contributed by atoms with van der Waals surface area (Å²) in [6.45, 7) is 2.11. The first-order valence-electron chi connectivity index (χ1n) is 4.62. The number of halogens is 2. The molecule has 0 aromatic heterocycles. The summed E-state index contributed by atoms with van der Waals surface area (Å²) in [5.41, 5.74) is 1.23. The highest BCUT2D eigenvalue weighted by Crippen LogP contribution is 2.23.